The molecule has 0 saturated carbocycles. The molecule has 0 aromatic carbocycles. The van der Waals surface area contributed by atoms with Crippen LogP contribution in [0.15, 0.2) is 0 Å². The molecule has 0 atom stereocenters. The van der Waals surface area contributed by atoms with Crippen molar-refractivity contribution in [2.75, 3.05) is 13.2 Å². The summed E-state index contributed by atoms with van der Waals surface area (Å²) in [7, 11) is 0. The van der Waals surface area contributed by atoms with Gasteiger partial charge in [0.2, 0.25) is 0 Å². The van der Waals surface area contributed by atoms with Crippen molar-refractivity contribution in [1.29, 1.82) is 0 Å². The maximum atomic E-state index is 6.37. The molecule has 3 rings (SSSR count). The van der Waals surface area contributed by atoms with E-state index in [1.165, 1.54) is 29.7 Å². The number of hydrogen-bond donors (Lipinski definition) is 0. The minimum atomic E-state index is 0.621. The van der Waals surface area contributed by atoms with Crippen molar-refractivity contribution in [2.45, 2.75) is 39.0 Å². The summed E-state index contributed by atoms with van der Waals surface area (Å²) in [5, 5.41) is 1.72. The van der Waals surface area contributed by atoms with Crippen molar-refractivity contribution in [3.63, 3.8) is 0 Å². The van der Waals surface area contributed by atoms with E-state index in [1.54, 1.807) is 11.3 Å². The molecular formula is C14H17ClN2OS. The molecule has 0 fully saturated rings. The van der Waals surface area contributed by atoms with Crippen molar-refractivity contribution in [2.24, 2.45) is 0 Å². The van der Waals surface area contributed by atoms with Gasteiger partial charge in [0, 0.05) is 17.9 Å². The highest BCUT2D eigenvalue weighted by Gasteiger charge is 2.20. The molecule has 0 radical (unpaired) electrons. The molecule has 1 aliphatic rings. The second-order valence-electron chi connectivity index (χ2n) is 4.77. The standard InChI is InChI=1S/C14H17ClN2OS/c1-2-18-8-7-11-16-13(15)12-9-5-3-4-6-10(9)19-14(12)17-11/h2-8H2,1H3. The van der Waals surface area contributed by atoms with Crippen LogP contribution in [0.4, 0.5) is 0 Å². The molecule has 0 bridgehead atoms. The van der Waals surface area contributed by atoms with Crippen LogP contribution in [0.3, 0.4) is 0 Å². The molecule has 2 aromatic rings. The van der Waals surface area contributed by atoms with Crippen LogP contribution in [-0.4, -0.2) is 23.2 Å². The summed E-state index contributed by atoms with van der Waals surface area (Å²) in [6.07, 6.45) is 5.55. The highest BCUT2D eigenvalue weighted by Crippen LogP contribution is 2.38. The number of thiophene rings is 1. The molecule has 0 N–H and O–H groups in total. The Labute approximate surface area is 122 Å². The van der Waals surface area contributed by atoms with Gasteiger partial charge in [-0.25, -0.2) is 9.97 Å². The van der Waals surface area contributed by atoms with E-state index < -0.39 is 0 Å². The van der Waals surface area contributed by atoms with Crippen molar-refractivity contribution in [3.05, 3.63) is 21.4 Å². The van der Waals surface area contributed by atoms with E-state index in [4.69, 9.17) is 16.3 Å². The molecule has 3 nitrogen and oxygen atoms in total. The highest BCUT2D eigenvalue weighted by molar-refractivity contribution is 7.19. The van der Waals surface area contributed by atoms with E-state index in [0.717, 1.165) is 35.5 Å². The van der Waals surface area contributed by atoms with Crippen molar-refractivity contribution in [1.82, 2.24) is 9.97 Å². The first-order valence-electron chi connectivity index (χ1n) is 6.84. The van der Waals surface area contributed by atoms with Gasteiger partial charge in [0.05, 0.1) is 12.0 Å². The van der Waals surface area contributed by atoms with Gasteiger partial charge >= 0.3 is 0 Å². The lowest BCUT2D eigenvalue weighted by Gasteiger charge is -2.10. The highest BCUT2D eigenvalue weighted by atomic mass is 35.5. The third kappa shape index (κ3) is 2.62. The molecule has 0 aliphatic heterocycles. The summed E-state index contributed by atoms with van der Waals surface area (Å²) < 4.78 is 5.35. The van der Waals surface area contributed by atoms with Crippen LogP contribution >= 0.6 is 22.9 Å². The minimum absolute atomic E-state index is 0.621. The Balaban J connectivity index is 1.97. The van der Waals surface area contributed by atoms with Gasteiger partial charge in [-0.15, -0.1) is 11.3 Å². The molecule has 19 heavy (non-hydrogen) atoms. The van der Waals surface area contributed by atoms with E-state index in [0.29, 0.717) is 11.8 Å². The monoisotopic (exact) mass is 296 g/mol. The molecule has 1 aliphatic carbocycles. The van der Waals surface area contributed by atoms with Crippen LogP contribution in [0.1, 0.15) is 36.0 Å². The first-order valence-corrected chi connectivity index (χ1v) is 8.03. The van der Waals surface area contributed by atoms with Gasteiger partial charge in [0.1, 0.15) is 15.8 Å². The average molecular weight is 297 g/mol. The molecule has 0 spiro atoms. The fourth-order valence-corrected chi connectivity index (χ4v) is 4.21. The Morgan fingerprint density at radius 2 is 2.11 bits per heavy atom. The van der Waals surface area contributed by atoms with E-state index in [9.17, 15) is 0 Å². The van der Waals surface area contributed by atoms with Crippen LogP contribution in [0.25, 0.3) is 10.2 Å². The zero-order valence-corrected chi connectivity index (χ0v) is 12.6. The SMILES string of the molecule is CCOCCc1nc(Cl)c2c3c(sc2n1)CCCC3. The number of aryl methyl sites for hydroxylation is 2. The topological polar surface area (TPSA) is 35.0 Å². The Kier molecular flexibility index (Phi) is 4.01. The quantitative estimate of drug-likeness (QED) is 0.636. The summed E-state index contributed by atoms with van der Waals surface area (Å²) in [6, 6.07) is 0. The lowest BCUT2D eigenvalue weighted by molar-refractivity contribution is 0.149. The Morgan fingerprint density at radius 1 is 1.26 bits per heavy atom. The Morgan fingerprint density at radius 3 is 2.95 bits per heavy atom. The summed E-state index contributed by atoms with van der Waals surface area (Å²) >= 11 is 8.16. The predicted molar refractivity (Wildman–Crippen MR) is 79.3 cm³/mol. The number of aromatic nitrogens is 2. The molecular weight excluding hydrogens is 280 g/mol. The number of hydrogen-bond acceptors (Lipinski definition) is 4. The van der Waals surface area contributed by atoms with Crippen molar-refractivity contribution >= 4 is 33.2 Å². The van der Waals surface area contributed by atoms with Gasteiger partial charge in [-0.3, -0.25) is 0 Å². The molecule has 5 heteroatoms. The number of nitrogens with zero attached hydrogens (tertiary/aromatic N) is 2. The van der Waals surface area contributed by atoms with Crippen LogP contribution in [0.5, 0.6) is 0 Å². The second-order valence-corrected chi connectivity index (χ2v) is 6.21. The molecule has 2 aromatic heterocycles. The van der Waals surface area contributed by atoms with Crippen LogP contribution in [0.2, 0.25) is 5.15 Å². The summed E-state index contributed by atoms with van der Waals surface area (Å²) in [4.78, 5) is 11.6. The Hall–Kier alpha value is -0.710. The predicted octanol–water partition coefficient (Wildman–Crippen LogP) is 3.80. The first-order chi connectivity index (χ1) is 9.29. The maximum Gasteiger partial charge on any atom is 0.141 e. The number of fused-ring (bicyclic) bond motifs is 3. The van der Waals surface area contributed by atoms with Gasteiger partial charge in [-0.1, -0.05) is 11.6 Å². The zero-order chi connectivity index (χ0) is 13.2. The van der Waals surface area contributed by atoms with E-state index in [2.05, 4.69) is 9.97 Å². The fourth-order valence-electron chi connectivity index (χ4n) is 2.57. The second kappa shape index (κ2) is 5.73. The normalized spacial score (nSPS) is 14.8. The van der Waals surface area contributed by atoms with Gasteiger partial charge in [-0.05, 0) is 38.2 Å². The average Bonchev–Trinajstić information content (AvgIpc) is 2.77. The molecule has 0 amide bonds. The summed E-state index contributed by atoms with van der Waals surface area (Å²) in [5.41, 5.74) is 1.40. The third-order valence-corrected chi connectivity index (χ3v) is 4.95. The largest absolute Gasteiger partial charge is 0.381 e. The first kappa shape index (κ1) is 13.3. The number of halogens is 1. The summed E-state index contributed by atoms with van der Waals surface area (Å²) in [5.74, 6) is 0.796. The van der Waals surface area contributed by atoms with Gasteiger partial charge in [-0.2, -0.15) is 0 Å². The summed E-state index contributed by atoms with van der Waals surface area (Å²) in [6.45, 7) is 3.37. The zero-order valence-electron chi connectivity index (χ0n) is 11.0. The Bertz CT molecular complexity index is 597. The molecule has 102 valence electrons. The molecule has 0 saturated heterocycles. The van der Waals surface area contributed by atoms with Gasteiger partial charge < -0.3 is 4.74 Å². The van der Waals surface area contributed by atoms with Gasteiger partial charge in [0.15, 0.2) is 0 Å². The van der Waals surface area contributed by atoms with Gasteiger partial charge in [0.25, 0.3) is 0 Å². The van der Waals surface area contributed by atoms with E-state index in [-0.39, 0.29) is 0 Å². The number of ether oxygens (including phenoxy) is 1. The third-order valence-electron chi connectivity index (χ3n) is 3.49. The molecule has 2 heterocycles. The number of rotatable bonds is 4. The van der Waals surface area contributed by atoms with Crippen LogP contribution in [0, 0.1) is 0 Å². The molecule has 0 unspecified atom stereocenters. The van der Waals surface area contributed by atoms with Crippen LogP contribution < -0.4 is 0 Å². The minimum Gasteiger partial charge on any atom is -0.381 e. The van der Waals surface area contributed by atoms with Crippen molar-refractivity contribution in [3.8, 4) is 0 Å². The van der Waals surface area contributed by atoms with Crippen molar-refractivity contribution < 1.29 is 4.74 Å². The van der Waals surface area contributed by atoms with E-state index >= 15 is 0 Å². The smallest absolute Gasteiger partial charge is 0.141 e. The van der Waals surface area contributed by atoms with E-state index in [1.807, 2.05) is 6.92 Å². The lowest BCUT2D eigenvalue weighted by Crippen LogP contribution is -2.03. The maximum absolute atomic E-state index is 6.37. The fraction of sp³-hybridized carbons (Fsp3) is 0.571. The lowest BCUT2D eigenvalue weighted by atomic mass is 9.97. The van der Waals surface area contributed by atoms with Crippen LogP contribution in [-0.2, 0) is 24.0 Å².